The van der Waals surface area contributed by atoms with Crippen LogP contribution in [0.4, 0.5) is 5.69 Å². The number of hydrogen-bond donors (Lipinski definition) is 4. The summed E-state index contributed by atoms with van der Waals surface area (Å²) in [6.45, 7) is 0. The topological polar surface area (TPSA) is 105 Å². The summed E-state index contributed by atoms with van der Waals surface area (Å²) in [5.41, 5.74) is 3.64. The maximum Gasteiger partial charge on any atom is 0.1000 e. The summed E-state index contributed by atoms with van der Waals surface area (Å²) < 4.78 is 23.9. The smallest absolute Gasteiger partial charge is 0.1000 e. The number of rotatable bonds is 4. The third-order valence-electron chi connectivity index (χ3n) is 4.18. The number of fused-ring (bicyclic) bond motifs is 1. The van der Waals surface area contributed by atoms with Crippen LogP contribution in [0.1, 0.15) is 5.56 Å². The first kappa shape index (κ1) is 17.1. The zero-order valence-corrected chi connectivity index (χ0v) is 14.9. The van der Waals surface area contributed by atoms with Gasteiger partial charge >= 0.3 is 0 Å². The van der Waals surface area contributed by atoms with Crippen LogP contribution in [0.25, 0.3) is 22.2 Å². The molecule has 1 aromatic heterocycles. The number of hydrogen-bond acceptors (Lipinski definition) is 5. The van der Waals surface area contributed by atoms with E-state index in [9.17, 15) is 9.11 Å². The lowest BCUT2D eigenvalue weighted by atomic mass is 10.1. The molecule has 4 rings (SSSR count). The number of nitrogens with one attached hydrogen (secondary N) is 2. The molecule has 134 valence electrons. The Balaban J connectivity index is 1.68. The van der Waals surface area contributed by atoms with E-state index in [1.54, 1.807) is 18.2 Å². The van der Waals surface area contributed by atoms with Crippen molar-refractivity contribution in [3.63, 3.8) is 0 Å². The van der Waals surface area contributed by atoms with Gasteiger partial charge in [0.1, 0.15) is 0 Å². The van der Waals surface area contributed by atoms with Crippen molar-refractivity contribution in [2.75, 3.05) is 4.72 Å². The number of nitrogens with zero attached hydrogens (tertiary/aromatic N) is 2. The Morgan fingerprint density at radius 2 is 1.70 bits per heavy atom. The van der Waals surface area contributed by atoms with E-state index in [1.165, 1.54) is 12.1 Å². The molecule has 27 heavy (non-hydrogen) atoms. The minimum atomic E-state index is -3.26. The number of nitriles is 1. The van der Waals surface area contributed by atoms with Crippen LogP contribution >= 0.6 is 10.8 Å². The number of anilines is 1. The van der Waals surface area contributed by atoms with Crippen LogP contribution in [0, 0.1) is 11.3 Å². The van der Waals surface area contributed by atoms with E-state index in [0.717, 1.165) is 22.2 Å². The van der Waals surface area contributed by atoms with Gasteiger partial charge in [0.25, 0.3) is 0 Å². The van der Waals surface area contributed by atoms with Crippen molar-refractivity contribution in [2.45, 2.75) is 4.90 Å². The predicted octanol–water partition coefficient (Wildman–Crippen LogP) is 5.24. The van der Waals surface area contributed by atoms with Crippen molar-refractivity contribution >= 4 is 27.4 Å². The second-order valence-corrected chi connectivity index (χ2v) is 7.76. The molecule has 4 N–H and O–H groups in total. The quantitative estimate of drug-likeness (QED) is 0.390. The van der Waals surface area contributed by atoms with Gasteiger partial charge in [-0.05, 0) is 42.5 Å². The van der Waals surface area contributed by atoms with Gasteiger partial charge in [-0.1, -0.05) is 41.1 Å². The van der Waals surface area contributed by atoms with Crippen LogP contribution in [0.5, 0.6) is 0 Å². The molecule has 0 aliphatic heterocycles. The monoisotopic (exact) mass is 376 g/mol. The van der Waals surface area contributed by atoms with Crippen LogP contribution in [0.3, 0.4) is 0 Å². The summed E-state index contributed by atoms with van der Waals surface area (Å²) in [6.07, 6.45) is 0. The molecule has 0 aliphatic rings. The Bertz CT molecular complexity index is 1130. The average molecular weight is 376 g/mol. The molecule has 0 amide bonds. The number of aromatic nitrogens is 2. The van der Waals surface area contributed by atoms with E-state index in [0.29, 0.717) is 16.1 Å². The van der Waals surface area contributed by atoms with Crippen LogP contribution in [0.15, 0.2) is 77.7 Å². The molecule has 0 unspecified atom stereocenters. The third kappa shape index (κ3) is 3.37. The fraction of sp³-hybridized carbons (Fsp3) is 0. The average Bonchev–Trinajstić information content (AvgIpc) is 3.11. The standard InChI is InChI=1S/C20H16N4O2S/c21-13-14-6-9-17(10-7-14)27(25,26)24-16-8-11-19-18(12-16)20(23-22-19)15-4-2-1-3-5-15/h1-12,24-26H,(H,22,23). The Morgan fingerprint density at radius 3 is 2.41 bits per heavy atom. The second kappa shape index (κ2) is 6.78. The molecular formula is C20H16N4O2S. The molecule has 0 atom stereocenters. The predicted molar refractivity (Wildman–Crippen MR) is 107 cm³/mol. The van der Waals surface area contributed by atoms with E-state index in [2.05, 4.69) is 14.9 Å². The molecule has 0 aliphatic carbocycles. The summed E-state index contributed by atoms with van der Waals surface area (Å²) in [5, 5.41) is 17.1. The Labute approximate surface area is 157 Å². The summed E-state index contributed by atoms with van der Waals surface area (Å²) in [7, 11) is -3.26. The lowest BCUT2D eigenvalue weighted by molar-refractivity contribution is 0.494. The number of aromatic amines is 1. The highest BCUT2D eigenvalue weighted by Crippen LogP contribution is 2.48. The van der Waals surface area contributed by atoms with Gasteiger partial charge in [-0.2, -0.15) is 10.4 Å². The highest BCUT2D eigenvalue weighted by Gasteiger charge is 2.17. The first-order chi connectivity index (χ1) is 13.1. The van der Waals surface area contributed by atoms with E-state index in [-0.39, 0.29) is 0 Å². The summed E-state index contributed by atoms with van der Waals surface area (Å²) >= 11 is 0. The molecule has 6 nitrogen and oxygen atoms in total. The molecule has 0 fully saturated rings. The van der Waals surface area contributed by atoms with Crippen molar-refractivity contribution < 1.29 is 9.11 Å². The molecule has 0 saturated heterocycles. The normalized spacial score (nSPS) is 11.9. The molecular weight excluding hydrogens is 360 g/mol. The molecule has 0 saturated carbocycles. The number of benzene rings is 3. The Morgan fingerprint density at radius 1 is 0.963 bits per heavy atom. The molecule has 3 aromatic carbocycles. The minimum Gasteiger partial charge on any atom is -0.281 e. The summed E-state index contributed by atoms with van der Waals surface area (Å²) in [6, 6.07) is 23.4. The maximum atomic E-state index is 10.5. The lowest BCUT2D eigenvalue weighted by Gasteiger charge is -2.33. The zero-order chi connectivity index (χ0) is 18.9. The van der Waals surface area contributed by atoms with Gasteiger partial charge in [-0.15, -0.1) is 0 Å². The van der Waals surface area contributed by atoms with Crippen LogP contribution < -0.4 is 4.72 Å². The fourth-order valence-corrected chi connectivity index (χ4v) is 3.93. The van der Waals surface area contributed by atoms with Crippen molar-refractivity contribution in [3.8, 4) is 17.3 Å². The van der Waals surface area contributed by atoms with Gasteiger partial charge in [-0.3, -0.25) is 18.9 Å². The van der Waals surface area contributed by atoms with E-state index < -0.39 is 10.8 Å². The molecule has 0 bridgehead atoms. The van der Waals surface area contributed by atoms with Crippen LogP contribution in [-0.4, -0.2) is 19.3 Å². The lowest BCUT2D eigenvalue weighted by Crippen LogP contribution is -2.09. The highest BCUT2D eigenvalue weighted by atomic mass is 32.3. The molecule has 0 radical (unpaired) electrons. The maximum absolute atomic E-state index is 10.5. The van der Waals surface area contributed by atoms with Crippen LogP contribution in [-0.2, 0) is 0 Å². The molecule has 1 heterocycles. The van der Waals surface area contributed by atoms with E-state index in [4.69, 9.17) is 5.26 Å². The molecule has 7 heteroatoms. The van der Waals surface area contributed by atoms with Gasteiger partial charge in [-0.25, -0.2) is 0 Å². The van der Waals surface area contributed by atoms with Gasteiger partial charge < -0.3 is 0 Å². The van der Waals surface area contributed by atoms with E-state index >= 15 is 0 Å². The second-order valence-electron chi connectivity index (χ2n) is 5.99. The number of H-pyrrole nitrogens is 1. The summed E-state index contributed by atoms with van der Waals surface area (Å²) in [4.78, 5) is 0.317. The summed E-state index contributed by atoms with van der Waals surface area (Å²) in [5.74, 6) is 0. The SMILES string of the molecule is N#Cc1ccc(S(O)(O)Nc2ccc3[nH]nc(-c4ccccc4)c3c2)cc1. The Hall–Kier alpha value is -3.31. The van der Waals surface area contributed by atoms with Gasteiger partial charge in [0, 0.05) is 10.9 Å². The minimum absolute atomic E-state index is 0.317. The molecule has 4 aromatic rings. The Kier molecular flexibility index (Phi) is 4.30. The van der Waals surface area contributed by atoms with Crippen molar-refractivity contribution in [1.29, 1.82) is 5.26 Å². The highest BCUT2D eigenvalue weighted by molar-refractivity contribution is 8.25. The zero-order valence-electron chi connectivity index (χ0n) is 14.1. The largest absolute Gasteiger partial charge is 0.281 e. The van der Waals surface area contributed by atoms with Gasteiger partial charge in [0.2, 0.25) is 0 Å². The van der Waals surface area contributed by atoms with Gasteiger partial charge in [0.05, 0.1) is 33.4 Å². The first-order valence-electron chi connectivity index (χ1n) is 8.16. The van der Waals surface area contributed by atoms with E-state index in [1.807, 2.05) is 48.5 Å². The van der Waals surface area contributed by atoms with Crippen LogP contribution in [0.2, 0.25) is 0 Å². The van der Waals surface area contributed by atoms with Crippen molar-refractivity contribution in [1.82, 2.24) is 10.2 Å². The van der Waals surface area contributed by atoms with Crippen molar-refractivity contribution in [3.05, 3.63) is 78.4 Å². The third-order valence-corrected chi connectivity index (χ3v) is 5.63. The first-order valence-corrected chi connectivity index (χ1v) is 9.71. The van der Waals surface area contributed by atoms with Crippen molar-refractivity contribution in [2.24, 2.45) is 0 Å². The fourth-order valence-electron chi connectivity index (χ4n) is 2.84. The van der Waals surface area contributed by atoms with Gasteiger partial charge in [0.15, 0.2) is 0 Å². The molecule has 0 spiro atoms.